The zero-order valence-electron chi connectivity index (χ0n) is 7.36. The van der Waals surface area contributed by atoms with Gasteiger partial charge in [-0.1, -0.05) is 75.5 Å². The van der Waals surface area contributed by atoms with E-state index in [0.717, 1.165) is 5.56 Å². The van der Waals surface area contributed by atoms with Crippen LogP contribution in [0.25, 0.3) is 0 Å². The van der Waals surface area contributed by atoms with E-state index in [0.29, 0.717) is 6.42 Å². The Labute approximate surface area is 112 Å². The first-order valence-electron chi connectivity index (χ1n) is 4.06. The minimum atomic E-state index is -2.92. The van der Waals surface area contributed by atoms with E-state index in [2.05, 4.69) is 0 Å². The van der Waals surface area contributed by atoms with Crippen LogP contribution in [0, 0.1) is 0 Å². The Morgan fingerprint density at radius 3 is 2.21 bits per heavy atom. The Kier molecular flexibility index (Phi) is 5.12. The molecule has 0 aliphatic heterocycles. The second-order valence-electron chi connectivity index (χ2n) is 2.86. The Morgan fingerprint density at radius 2 is 1.71 bits per heavy atom. The van der Waals surface area contributed by atoms with Crippen molar-refractivity contribution in [2.24, 2.45) is 0 Å². The maximum atomic E-state index is 11.5. The Hall–Kier alpha value is 0.630. The molecule has 0 aromatic heterocycles. The van der Waals surface area contributed by atoms with Crippen LogP contribution in [0.15, 0.2) is 30.3 Å². The highest BCUT2D eigenvalue weighted by Crippen LogP contribution is 2.19. The molecule has 0 radical (unpaired) electrons. The molecule has 2 nitrogen and oxygen atoms in total. The molecular weight excluding hydrogens is 426 g/mol. The molecule has 14 heavy (non-hydrogen) atoms. The number of benzene rings is 1. The highest BCUT2D eigenvalue weighted by atomic mass is 127. The van der Waals surface area contributed by atoms with Crippen LogP contribution in [0.5, 0.6) is 0 Å². The predicted octanol–water partition coefficient (Wildman–Crippen LogP) is 2.80. The largest absolute Gasteiger partial charge is 0.227 e. The Bertz CT molecular complexity index is 373. The highest BCUT2D eigenvalue weighted by Gasteiger charge is 2.18. The van der Waals surface area contributed by atoms with Gasteiger partial charge in [0.25, 0.3) is 0 Å². The molecule has 0 unspecified atom stereocenters. The molecule has 0 saturated heterocycles. The van der Waals surface area contributed by atoms with Crippen molar-refractivity contribution < 1.29 is 8.42 Å². The van der Waals surface area contributed by atoms with Gasteiger partial charge in [-0.05, 0) is 12.0 Å². The fourth-order valence-electron chi connectivity index (χ4n) is 0.994. The van der Waals surface area contributed by atoms with Crippen molar-refractivity contribution in [2.75, 3.05) is 5.75 Å². The summed E-state index contributed by atoms with van der Waals surface area (Å²) in [6.45, 7) is 0. The molecule has 1 aromatic carbocycles. The van der Waals surface area contributed by atoms with Crippen LogP contribution in [0.2, 0.25) is 0 Å². The van der Waals surface area contributed by atoms with Crippen molar-refractivity contribution in [3.63, 3.8) is 0 Å². The molecule has 0 amide bonds. The van der Waals surface area contributed by atoms with E-state index in [1.807, 2.05) is 75.5 Å². The molecule has 1 rings (SSSR count). The third kappa shape index (κ3) is 4.01. The lowest BCUT2D eigenvalue weighted by Gasteiger charge is -2.04. The summed E-state index contributed by atoms with van der Waals surface area (Å²) in [6, 6.07) is 9.67. The first-order chi connectivity index (χ1) is 6.52. The molecule has 5 heteroatoms. The normalized spacial score (nSPS) is 11.9. The van der Waals surface area contributed by atoms with E-state index in [1.54, 1.807) is 0 Å². The molecule has 0 heterocycles. The van der Waals surface area contributed by atoms with Gasteiger partial charge in [-0.15, -0.1) is 0 Å². The lowest BCUT2D eigenvalue weighted by molar-refractivity contribution is 0.600. The molecule has 0 bridgehead atoms. The maximum Gasteiger partial charge on any atom is 0.171 e. The summed E-state index contributed by atoms with van der Waals surface area (Å²) in [6.07, 6.45) is 0.603. The van der Waals surface area contributed by atoms with Crippen molar-refractivity contribution in [1.82, 2.24) is 0 Å². The molecule has 0 N–H and O–H groups in total. The van der Waals surface area contributed by atoms with Crippen LogP contribution >= 0.6 is 45.2 Å². The molecule has 0 aliphatic rings. The zero-order valence-corrected chi connectivity index (χ0v) is 12.5. The van der Waals surface area contributed by atoms with Gasteiger partial charge in [0.05, 0.1) is 5.75 Å². The summed E-state index contributed by atoms with van der Waals surface area (Å²) in [5.41, 5.74) is 1.07. The smallest absolute Gasteiger partial charge is 0.171 e. The molecule has 1 aromatic rings. The van der Waals surface area contributed by atoms with Crippen molar-refractivity contribution in [1.29, 1.82) is 0 Å². The van der Waals surface area contributed by atoms with Gasteiger partial charge in [0.1, 0.15) is 0 Å². The molecule has 0 fully saturated rings. The van der Waals surface area contributed by atoms with E-state index < -0.39 is 9.84 Å². The minimum absolute atomic E-state index is 0.230. The number of hydrogen-bond acceptors (Lipinski definition) is 2. The van der Waals surface area contributed by atoms with Gasteiger partial charge in [-0.3, -0.25) is 0 Å². The van der Waals surface area contributed by atoms with Crippen LogP contribution in [-0.4, -0.2) is 15.4 Å². The predicted molar refractivity (Wildman–Crippen MR) is 75.8 cm³/mol. The molecule has 0 atom stereocenters. The summed E-state index contributed by atoms with van der Waals surface area (Å²) in [5, 5.41) is 0. The second-order valence-corrected chi connectivity index (χ2v) is 11.6. The van der Waals surface area contributed by atoms with Gasteiger partial charge >= 0.3 is 0 Å². The second kappa shape index (κ2) is 5.64. The Morgan fingerprint density at radius 1 is 1.14 bits per heavy atom. The summed E-state index contributed by atoms with van der Waals surface area (Å²) in [5.74, 6) is 0.230. The van der Waals surface area contributed by atoms with Crippen molar-refractivity contribution in [3.05, 3.63) is 35.9 Å². The van der Waals surface area contributed by atoms with Crippen molar-refractivity contribution in [3.8, 4) is 0 Å². The van der Waals surface area contributed by atoms with E-state index in [9.17, 15) is 8.42 Å². The van der Waals surface area contributed by atoms with E-state index >= 15 is 0 Å². The van der Waals surface area contributed by atoms with Crippen molar-refractivity contribution >= 4 is 55.0 Å². The van der Waals surface area contributed by atoms with Crippen LogP contribution in [0.1, 0.15) is 5.56 Å². The van der Waals surface area contributed by atoms with Crippen molar-refractivity contribution in [2.45, 2.75) is 7.68 Å². The first-order valence-corrected chi connectivity index (χ1v) is 8.27. The third-order valence-corrected chi connectivity index (χ3v) is 7.75. The molecule has 0 aliphatic carbocycles. The van der Waals surface area contributed by atoms with Crippen LogP contribution in [0.3, 0.4) is 0 Å². The number of alkyl halides is 2. The number of sulfone groups is 1. The SMILES string of the molecule is O=S(=O)(CCc1ccccc1)C(I)I. The summed E-state index contributed by atoms with van der Waals surface area (Å²) >= 11 is 3.85. The van der Waals surface area contributed by atoms with Crippen LogP contribution in [0.4, 0.5) is 0 Å². The molecule has 0 spiro atoms. The van der Waals surface area contributed by atoms with E-state index in [4.69, 9.17) is 0 Å². The fraction of sp³-hybridized carbons (Fsp3) is 0.333. The zero-order chi connectivity index (χ0) is 10.6. The number of hydrogen-bond donors (Lipinski definition) is 0. The van der Waals surface area contributed by atoms with Gasteiger partial charge < -0.3 is 0 Å². The van der Waals surface area contributed by atoms with Crippen LogP contribution in [-0.2, 0) is 16.3 Å². The quantitative estimate of drug-likeness (QED) is 0.538. The summed E-state index contributed by atoms with van der Waals surface area (Å²) in [4.78, 5) is 0. The molecule has 0 saturated carbocycles. The van der Waals surface area contributed by atoms with Gasteiger partial charge in [0.15, 0.2) is 11.1 Å². The Balaban J connectivity index is 2.58. The summed E-state index contributed by atoms with van der Waals surface area (Å²) < 4.78 is 22.6. The van der Waals surface area contributed by atoms with Gasteiger partial charge in [0, 0.05) is 0 Å². The lowest BCUT2D eigenvalue weighted by atomic mass is 10.2. The maximum absolute atomic E-state index is 11.5. The summed E-state index contributed by atoms with van der Waals surface area (Å²) in [7, 11) is -2.92. The number of rotatable bonds is 4. The lowest BCUT2D eigenvalue weighted by Crippen LogP contribution is -2.14. The standard InChI is InChI=1S/C9H10I2O2S/c10-9(11)14(12,13)7-6-8-4-2-1-3-5-8/h1-5,9H,6-7H2. The average Bonchev–Trinajstić information content (AvgIpc) is 2.16. The highest BCUT2D eigenvalue weighted by molar-refractivity contribution is 14.2. The van der Waals surface area contributed by atoms with Crippen LogP contribution < -0.4 is 0 Å². The molecular formula is C9H10I2O2S. The first kappa shape index (κ1) is 12.7. The van der Waals surface area contributed by atoms with Gasteiger partial charge in [0.2, 0.25) is 0 Å². The van der Waals surface area contributed by atoms with E-state index in [-0.39, 0.29) is 7.02 Å². The van der Waals surface area contributed by atoms with Gasteiger partial charge in [-0.25, -0.2) is 8.42 Å². The third-order valence-electron chi connectivity index (χ3n) is 1.79. The minimum Gasteiger partial charge on any atom is -0.227 e. The van der Waals surface area contributed by atoms with E-state index in [1.165, 1.54) is 0 Å². The molecule has 78 valence electrons. The van der Waals surface area contributed by atoms with Gasteiger partial charge in [-0.2, -0.15) is 0 Å². The average molecular weight is 436 g/mol. The topological polar surface area (TPSA) is 34.1 Å². The number of aryl methyl sites for hydroxylation is 1. The number of halogens is 2. The fourth-order valence-corrected chi connectivity index (χ4v) is 3.22. The monoisotopic (exact) mass is 436 g/mol.